The lowest BCUT2D eigenvalue weighted by molar-refractivity contribution is -0.136. The standard InChI is InChI=1S/C20H18O6/c1-24-17-7-4-14(11-15(17)12-20(22)23)16(21)5-2-13-3-6-18-19(10-13)26-9-8-25-18/h2-7,10-11H,8-9,12H2,1H3,(H,22,23)/b5-2-. The fourth-order valence-corrected chi connectivity index (χ4v) is 2.66. The monoisotopic (exact) mass is 354 g/mol. The van der Waals surface area contributed by atoms with Gasteiger partial charge in [-0.3, -0.25) is 9.59 Å². The second kappa shape index (κ2) is 7.74. The van der Waals surface area contributed by atoms with Crippen molar-refractivity contribution < 1.29 is 28.9 Å². The highest BCUT2D eigenvalue weighted by molar-refractivity contribution is 6.07. The maximum atomic E-state index is 12.4. The first-order chi connectivity index (χ1) is 12.6. The number of benzene rings is 2. The van der Waals surface area contributed by atoms with Crippen molar-refractivity contribution in [3.8, 4) is 17.2 Å². The van der Waals surface area contributed by atoms with Crippen molar-refractivity contribution >= 4 is 17.8 Å². The summed E-state index contributed by atoms with van der Waals surface area (Å²) in [5, 5.41) is 8.99. The van der Waals surface area contributed by atoms with Gasteiger partial charge in [-0.15, -0.1) is 0 Å². The molecule has 6 heteroatoms. The molecule has 2 aromatic rings. The van der Waals surface area contributed by atoms with Gasteiger partial charge in [0.1, 0.15) is 19.0 Å². The van der Waals surface area contributed by atoms with Crippen LogP contribution in [0.25, 0.3) is 6.08 Å². The highest BCUT2D eigenvalue weighted by atomic mass is 16.6. The molecule has 0 radical (unpaired) electrons. The Morgan fingerprint density at radius 3 is 2.62 bits per heavy atom. The van der Waals surface area contributed by atoms with Crippen molar-refractivity contribution in [1.82, 2.24) is 0 Å². The van der Waals surface area contributed by atoms with Crippen LogP contribution in [0.5, 0.6) is 17.2 Å². The molecule has 0 unspecified atom stereocenters. The Morgan fingerprint density at radius 2 is 1.88 bits per heavy atom. The molecule has 0 atom stereocenters. The number of fused-ring (bicyclic) bond motifs is 1. The molecule has 1 aliphatic rings. The first-order valence-electron chi connectivity index (χ1n) is 8.07. The van der Waals surface area contributed by atoms with Crippen LogP contribution in [0.1, 0.15) is 21.5 Å². The van der Waals surface area contributed by atoms with Gasteiger partial charge in [-0.05, 0) is 42.0 Å². The van der Waals surface area contributed by atoms with E-state index in [-0.39, 0.29) is 12.2 Å². The Balaban J connectivity index is 1.79. The predicted molar refractivity (Wildman–Crippen MR) is 95.1 cm³/mol. The second-order valence-corrected chi connectivity index (χ2v) is 5.70. The number of carboxylic acids is 1. The zero-order valence-corrected chi connectivity index (χ0v) is 14.2. The molecule has 0 saturated carbocycles. The number of allylic oxidation sites excluding steroid dienone is 1. The fraction of sp³-hybridized carbons (Fsp3) is 0.200. The summed E-state index contributed by atoms with van der Waals surface area (Å²) in [5.74, 6) is 0.570. The largest absolute Gasteiger partial charge is 0.496 e. The van der Waals surface area contributed by atoms with Crippen LogP contribution in [-0.2, 0) is 11.2 Å². The third-order valence-corrected chi connectivity index (χ3v) is 3.90. The molecule has 1 heterocycles. The zero-order valence-electron chi connectivity index (χ0n) is 14.2. The molecule has 0 bridgehead atoms. The number of methoxy groups -OCH3 is 1. The Hall–Kier alpha value is -3.28. The fourth-order valence-electron chi connectivity index (χ4n) is 2.66. The van der Waals surface area contributed by atoms with Crippen LogP contribution >= 0.6 is 0 Å². The number of ketones is 1. The van der Waals surface area contributed by atoms with Crippen LogP contribution in [0, 0.1) is 0 Å². The van der Waals surface area contributed by atoms with Gasteiger partial charge in [0.05, 0.1) is 13.5 Å². The molecule has 3 rings (SSSR count). The first-order valence-corrected chi connectivity index (χ1v) is 8.07. The van der Waals surface area contributed by atoms with Gasteiger partial charge in [-0.25, -0.2) is 0 Å². The minimum Gasteiger partial charge on any atom is -0.496 e. The molecular weight excluding hydrogens is 336 g/mol. The zero-order chi connectivity index (χ0) is 18.5. The van der Waals surface area contributed by atoms with Crippen molar-refractivity contribution in [1.29, 1.82) is 0 Å². The highest BCUT2D eigenvalue weighted by Gasteiger charge is 2.13. The molecule has 0 aromatic heterocycles. The van der Waals surface area contributed by atoms with Gasteiger partial charge >= 0.3 is 5.97 Å². The van der Waals surface area contributed by atoms with E-state index < -0.39 is 5.97 Å². The van der Waals surface area contributed by atoms with E-state index in [1.54, 1.807) is 30.3 Å². The van der Waals surface area contributed by atoms with Crippen molar-refractivity contribution in [2.24, 2.45) is 0 Å². The van der Waals surface area contributed by atoms with Gasteiger partial charge in [0.15, 0.2) is 17.3 Å². The maximum Gasteiger partial charge on any atom is 0.307 e. The predicted octanol–water partition coefficient (Wildman–Crippen LogP) is 2.99. The topological polar surface area (TPSA) is 82.1 Å². The summed E-state index contributed by atoms with van der Waals surface area (Å²) >= 11 is 0. The smallest absolute Gasteiger partial charge is 0.307 e. The summed E-state index contributed by atoms with van der Waals surface area (Å²) in [6.45, 7) is 1.02. The third kappa shape index (κ3) is 4.03. The Labute approximate surface area is 150 Å². The van der Waals surface area contributed by atoms with Crippen molar-refractivity contribution in [2.45, 2.75) is 6.42 Å². The molecule has 26 heavy (non-hydrogen) atoms. The van der Waals surface area contributed by atoms with Crippen LogP contribution in [0.15, 0.2) is 42.5 Å². The molecule has 0 aliphatic carbocycles. The molecule has 134 valence electrons. The minimum absolute atomic E-state index is 0.212. The molecule has 0 fully saturated rings. The van der Waals surface area contributed by atoms with Crippen LogP contribution in [0.4, 0.5) is 0 Å². The molecular formula is C20H18O6. The van der Waals surface area contributed by atoms with Crippen LogP contribution in [-0.4, -0.2) is 37.2 Å². The quantitative estimate of drug-likeness (QED) is 0.634. The molecule has 0 spiro atoms. The van der Waals surface area contributed by atoms with Gasteiger partial charge < -0.3 is 19.3 Å². The molecule has 2 aromatic carbocycles. The minimum atomic E-state index is -0.986. The number of carbonyl (C=O) groups is 2. The maximum absolute atomic E-state index is 12.4. The first kappa shape index (κ1) is 17.5. The van der Waals surface area contributed by atoms with Gasteiger partial charge in [0, 0.05) is 11.1 Å². The Bertz CT molecular complexity index is 869. The SMILES string of the molecule is COc1ccc(C(=O)/C=C\c2ccc3c(c2)OCCO3)cc1CC(=O)O. The number of carbonyl (C=O) groups excluding carboxylic acids is 1. The lowest BCUT2D eigenvalue weighted by atomic mass is 10.0. The lowest BCUT2D eigenvalue weighted by Crippen LogP contribution is -2.15. The summed E-state index contributed by atoms with van der Waals surface area (Å²) in [6, 6.07) is 10.2. The average Bonchev–Trinajstić information content (AvgIpc) is 2.65. The highest BCUT2D eigenvalue weighted by Crippen LogP contribution is 2.31. The Kier molecular flexibility index (Phi) is 5.22. The van der Waals surface area contributed by atoms with E-state index in [4.69, 9.17) is 19.3 Å². The van der Waals surface area contributed by atoms with E-state index in [0.717, 1.165) is 5.56 Å². The normalized spacial score (nSPS) is 12.8. The summed E-state index contributed by atoms with van der Waals surface area (Å²) in [5.41, 5.74) is 1.66. The number of hydrogen-bond acceptors (Lipinski definition) is 5. The van der Waals surface area contributed by atoms with Crippen molar-refractivity contribution in [3.05, 3.63) is 59.2 Å². The van der Waals surface area contributed by atoms with E-state index >= 15 is 0 Å². The van der Waals surface area contributed by atoms with Crippen LogP contribution in [0.3, 0.4) is 0 Å². The van der Waals surface area contributed by atoms with Crippen molar-refractivity contribution in [2.75, 3.05) is 20.3 Å². The number of hydrogen-bond donors (Lipinski definition) is 1. The summed E-state index contributed by atoms with van der Waals surface area (Å²) < 4.78 is 16.1. The second-order valence-electron chi connectivity index (χ2n) is 5.70. The average molecular weight is 354 g/mol. The third-order valence-electron chi connectivity index (χ3n) is 3.90. The summed E-state index contributed by atoms with van der Waals surface area (Å²) in [7, 11) is 1.46. The van der Waals surface area contributed by atoms with Gasteiger partial charge in [0.25, 0.3) is 0 Å². The summed E-state index contributed by atoms with van der Waals surface area (Å²) in [4.78, 5) is 23.4. The van der Waals surface area contributed by atoms with Crippen molar-refractivity contribution in [3.63, 3.8) is 0 Å². The van der Waals surface area contributed by atoms with Gasteiger partial charge in [-0.1, -0.05) is 12.1 Å². The molecule has 6 nitrogen and oxygen atoms in total. The van der Waals surface area contributed by atoms with E-state index in [2.05, 4.69) is 0 Å². The van der Waals surface area contributed by atoms with E-state index in [1.165, 1.54) is 13.2 Å². The molecule has 1 N–H and O–H groups in total. The molecule has 0 amide bonds. The van der Waals surface area contributed by atoms with E-state index in [0.29, 0.717) is 41.6 Å². The number of carboxylic acid groups (broad SMARTS) is 1. The van der Waals surface area contributed by atoms with E-state index in [1.807, 2.05) is 12.1 Å². The van der Waals surface area contributed by atoms with Gasteiger partial charge in [0.2, 0.25) is 0 Å². The number of aliphatic carboxylic acids is 1. The Morgan fingerprint density at radius 1 is 1.12 bits per heavy atom. The summed E-state index contributed by atoms with van der Waals surface area (Å²) in [6.07, 6.45) is 2.91. The molecule has 0 saturated heterocycles. The number of ether oxygens (including phenoxy) is 3. The van der Waals surface area contributed by atoms with E-state index in [9.17, 15) is 9.59 Å². The number of rotatable bonds is 6. The lowest BCUT2D eigenvalue weighted by Gasteiger charge is -2.18. The van der Waals surface area contributed by atoms with Crippen LogP contribution in [0.2, 0.25) is 0 Å². The molecule has 1 aliphatic heterocycles. The van der Waals surface area contributed by atoms with Gasteiger partial charge in [-0.2, -0.15) is 0 Å². The van der Waals surface area contributed by atoms with Crippen LogP contribution < -0.4 is 14.2 Å².